The highest BCUT2D eigenvalue weighted by Crippen LogP contribution is 2.27. The number of hydrogen-bond donors (Lipinski definition) is 1. The van der Waals surface area contributed by atoms with Crippen LogP contribution in [0.25, 0.3) is 22.9 Å². The molecule has 1 fully saturated rings. The van der Waals surface area contributed by atoms with Crippen molar-refractivity contribution < 1.29 is 14.7 Å². The van der Waals surface area contributed by atoms with Gasteiger partial charge in [-0.3, -0.25) is 4.79 Å². The molecule has 6 nitrogen and oxygen atoms in total. The highest BCUT2D eigenvalue weighted by molar-refractivity contribution is 5.97. The third-order valence-corrected chi connectivity index (χ3v) is 5.09. The van der Waals surface area contributed by atoms with E-state index in [1.54, 1.807) is 10.6 Å². The van der Waals surface area contributed by atoms with Crippen LogP contribution in [-0.4, -0.2) is 44.1 Å². The minimum absolute atomic E-state index is 0.276. The van der Waals surface area contributed by atoms with Crippen molar-refractivity contribution in [2.45, 2.75) is 25.3 Å². The van der Waals surface area contributed by atoms with Gasteiger partial charge in [-0.1, -0.05) is 36.4 Å². The maximum Gasteiger partial charge on any atom is 0.326 e. The number of carboxylic acids is 1. The van der Waals surface area contributed by atoms with Crippen LogP contribution in [0, 0.1) is 0 Å². The van der Waals surface area contributed by atoms with Gasteiger partial charge < -0.3 is 10.0 Å². The summed E-state index contributed by atoms with van der Waals surface area (Å²) >= 11 is 0. The van der Waals surface area contributed by atoms with Crippen LogP contribution in [0.2, 0.25) is 0 Å². The average molecular weight is 375 g/mol. The Labute approximate surface area is 162 Å². The number of amides is 1. The minimum Gasteiger partial charge on any atom is -0.480 e. The smallest absolute Gasteiger partial charge is 0.326 e. The predicted octanol–water partition coefficient (Wildman–Crippen LogP) is 3.48. The van der Waals surface area contributed by atoms with Gasteiger partial charge >= 0.3 is 5.97 Å². The van der Waals surface area contributed by atoms with E-state index in [1.807, 2.05) is 54.7 Å². The summed E-state index contributed by atoms with van der Waals surface area (Å²) in [6, 6.07) is 14.8. The number of aliphatic carboxylic acids is 1. The Morgan fingerprint density at radius 3 is 2.64 bits per heavy atom. The lowest BCUT2D eigenvalue weighted by atomic mass is 10.0. The number of carbonyl (C=O) groups excluding carboxylic acids is 1. The number of benzene rings is 1. The fourth-order valence-corrected chi connectivity index (χ4v) is 3.69. The molecule has 1 N–H and O–H groups in total. The highest BCUT2D eigenvalue weighted by atomic mass is 16.4. The largest absolute Gasteiger partial charge is 0.480 e. The van der Waals surface area contributed by atoms with Crippen molar-refractivity contribution in [1.82, 2.24) is 14.5 Å². The second-order valence-electron chi connectivity index (χ2n) is 6.87. The SMILES string of the molecule is O=C(O)C1CCCCN1C(=O)/C=C/c1c(-c2ccccc2)nn2ccccc12. The Balaban J connectivity index is 1.71. The Morgan fingerprint density at radius 2 is 1.86 bits per heavy atom. The Bertz CT molecular complexity index is 1040. The third-order valence-electron chi connectivity index (χ3n) is 5.09. The zero-order valence-electron chi connectivity index (χ0n) is 15.4. The lowest BCUT2D eigenvalue weighted by Crippen LogP contribution is -2.47. The van der Waals surface area contributed by atoms with Gasteiger partial charge in [0.25, 0.3) is 0 Å². The second kappa shape index (κ2) is 7.68. The lowest BCUT2D eigenvalue weighted by molar-refractivity contribution is -0.150. The van der Waals surface area contributed by atoms with Crippen molar-refractivity contribution in [3.05, 3.63) is 66.4 Å². The number of aromatic nitrogens is 2. The molecule has 0 radical (unpaired) electrons. The molecule has 1 atom stereocenters. The lowest BCUT2D eigenvalue weighted by Gasteiger charge is -2.32. The molecule has 0 saturated carbocycles. The van der Waals surface area contributed by atoms with E-state index in [0.29, 0.717) is 13.0 Å². The van der Waals surface area contributed by atoms with Crippen molar-refractivity contribution in [2.75, 3.05) is 6.54 Å². The van der Waals surface area contributed by atoms with Crippen LogP contribution < -0.4 is 0 Å². The van der Waals surface area contributed by atoms with Gasteiger partial charge in [-0.25, -0.2) is 9.31 Å². The van der Waals surface area contributed by atoms with E-state index >= 15 is 0 Å². The summed E-state index contributed by atoms with van der Waals surface area (Å²) < 4.78 is 1.79. The number of likely N-dealkylation sites (tertiary alicyclic amines) is 1. The number of carboxylic acid groups (broad SMARTS) is 1. The predicted molar refractivity (Wildman–Crippen MR) is 107 cm³/mol. The molecule has 142 valence electrons. The topological polar surface area (TPSA) is 74.9 Å². The molecule has 1 unspecified atom stereocenters. The molecule has 3 aromatic rings. The minimum atomic E-state index is -0.942. The number of hydrogen-bond acceptors (Lipinski definition) is 3. The number of rotatable bonds is 4. The van der Waals surface area contributed by atoms with Crippen LogP contribution in [-0.2, 0) is 9.59 Å². The fourth-order valence-electron chi connectivity index (χ4n) is 3.69. The van der Waals surface area contributed by atoms with Crippen LogP contribution in [0.1, 0.15) is 24.8 Å². The molecular weight excluding hydrogens is 354 g/mol. The van der Waals surface area contributed by atoms with Crippen molar-refractivity contribution in [2.24, 2.45) is 0 Å². The zero-order valence-corrected chi connectivity index (χ0v) is 15.4. The molecule has 1 aromatic carbocycles. The molecule has 0 bridgehead atoms. The molecule has 0 spiro atoms. The van der Waals surface area contributed by atoms with Gasteiger partial charge in [0, 0.05) is 29.9 Å². The molecule has 4 rings (SSSR count). The van der Waals surface area contributed by atoms with Gasteiger partial charge in [0.15, 0.2) is 0 Å². The Hall–Kier alpha value is -3.41. The maximum absolute atomic E-state index is 12.7. The van der Waals surface area contributed by atoms with E-state index in [9.17, 15) is 14.7 Å². The van der Waals surface area contributed by atoms with Crippen LogP contribution in [0.4, 0.5) is 0 Å². The second-order valence-corrected chi connectivity index (χ2v) is 6.87. The van der Waals surface area contributed by atoms with Gasteiger partial charge in [-0.05, 0) is 37.5 Å². The van der Waals surface area contributed by atoms with Crippen LogP contribution in [0.5, 0.6) is 0 Å². The van der Waals surface area contributed by atoms with Gasteiger partial charge in [0.2, 0.25) is 5.91 Å². The van der Waals surface area contributed by atoms with Crippen molar-refractivity contribution in [3.63, 3.8) is 0 Å². The van der Waals surface area contributed by atoms with Gasteiger partial charge in [0.05, 0.1) is 5.52 Å². The van der Waals surface area contributed by atoms with Gasteiger partial charge in [-0.15, -0.1) is 0 Å². The average Bonchev–Trinajstić information content (AvgIpc) is 3.11. The van der Waals surface area contributed by atoms with E-state index in [1.165, 1.54) is 11.0 Å². The van der Waals surface area contributed by atoms with Gasteiger partial charge in [-0.2, -0.15) is 5.10 Å². The highest BCUT2D eigenvalue weighted by Gasteiger charge is 2.30. The Kier molecular flexibility index (Phi) is 4.93. The van der Waals surface area contributed by atoms with E-state index in [0.717, 1.165) is 35.2 Å². The quantitative estimate of drug-likeness (QED) is 0.709. The number of pyridine rings is 1. The van der Waals surface area contributed by atoms with Gasteiger partial charge in [0.1, 0.15) is 11.7 Å². The summed E-state index contributed by atoms with van der Waals surface area (Å²) in [4.78, 5) is 25.7. The molecule has 1 saturated heterocycles. The number of fused-ring (bicyclic) bond motifs is 1. The van der Waals surface area contributed by atoms with Crippen LogP contribution in [0.3, 0.4) is 0 Å². The standard InChI is InChI=1S/C22H21N3O3/c26-20(24-14-6-4-11-19(24)22(27)28)13-12-17-18-10-5-7-15-25(18)23-21(17)16-8-2-1-3-9-16/h1-3,5,7-10,12-13,15,19H,4,6,11,14H2,(H,27,28)/b13-12+. The molecule has 2 aromatic heterocycles. The fraction of sp³-hybridized carbons (Fsp3) is 0.227. The maximum atomic E-state index is 12.7. The van der Waals surface area contributed by atoms with Crippen molar-refractivity contribution in [1.29, 1.82) is 0 Å². The summed E-state index contributed by atoms with van der Waals surface area (Å²) in [6.45, 7) is 0.473. The van der Waals surface area contributed by atoms with Crippen molar-refractivity contribution >= 4 is 23.5 Å². The van der Waals surface area contributed by atoms with E-state index in [2.05, 4.69) is 5.10 Å². The first kappa shape index (κ1) is 18.0. The van der Waals surface area contributed by atoms with Crippen LogP contribution >= 0.6 is 0 Å². The van der Waals surface area contributed by atoms with Crippen LogP contribution in [0.15, 0.2) is 60.8 Å². The summed E-state index contributed by atoms with van der Waals surface area (Å²) in [6.07, 6.45) is 7.25. The number of carbonyl (C=O) groups is 2. The molecule has 1 aliphatic rings. The molecule has 0 aliphatic carbocycles. The monoisotopic (exact) mass is 375 g/mol. The first-order valence-electron chi connectivity index (χ1n) is 9.39. The number of piperidine rings is 1. The molecule has 3 heterocycles. The summed E-state index contributed by atoms with van der Waals surface area (Å²) in [5, 5.41) is 14.1. The first-order valence-corrected chi connectivity index (χ1v) is 9.39. The van der Waals surface area contributed by atoms with E-state index in [-0.39, 0.29) is 5.91 Å². The summed E-state index contributed by atoms with van der Waals surface area (Å²) in [5.41, 5.74) is 3.46. The zero-order chi connectivity index (χ0) is 19.5. The van der Waals surface area contributed by atoms with Crippen molar-refractivity contribution in [3.8, 4) is 11.3 Å². The molecular formula is C22H21N3O3. The molecule has 6 heteroatoms. The Morgan fingerprint density at radius 1 is 1.07 bits per heavy atom. The van der Waals surface area contributed by atoms with E-state index in [4.69, 9.17) is 0 Å². The summed E-state index contributed by atoms with van der Waals surface area (Å²) in [5.74, 6) is -1.22. The molecule has 28 heavy (non-hydrogen) atoms. The molecule has 1 amide bonds. The normalized spacial score (nSPS) is 17.3. The summed E-state index contributed by atoms with van der Waals surface area (Å²) in [7, 11) is 0. The van der Waals surface area contributed by atoms with E-state index < -0.39 is 12.0 Å². The number of nitrogens with zero attached hydrogens (tertiary/aromatic N) is 3. The molecule has 1 aliphatic heterocycles. The first-order chi connectivity index (χ1) is 13.6. The third kappa shape index (κ3) is 3.41.